The maximum Gasteiger partial charge on any atom is 0.260 e. The van der Waals surface area contributed by atoms with Gasteiger partial charge in [0.05, 0.1) is 27.7 Å². The third kappa shape index (κ3) is 3.43. The number of fused-ring (bicyclic) bond motifs is 3. The molecule has 0 radical (unpaired) electrons. The SMILES string of the molecule is Cc1nccc2c1c(=O)n(C)c1cc(OCCCC(C)C)c(Br)cc21. The standard InChI is InChI=1S/C20H23BrN2O2/c1-12(2)6-5-9-25-18-11-17-15(10-16(18)21)14-7-8-22-13(3)19(14)20(24)23(17)4/h7-8,10-12H,5-6,9H2,1-4H3. The summed E-state index contributed by atoms with van der Waals surface area (Å²) < 4.78 is 8.53. The van der Waals surface area contributed by atoms with Crippen molar-refractivity contribution < 1.29 is 4.74 Å². The second kappa shape index (κ2) is 7.16. The third-order valence-electron chi connectivity index (χ3n) is 4.54. The molecule has 2 aromatic heterocycles. The summed E-state index contributed by atoms with van der Waals surface area (Å²) in [5.74, 6) is 1.45. The van der Waals surface area contributed by atoms with Crippen molar-refractivity contribution in [2.45, 2.75) is 33.6 Å². The number of nitrogens with zero attached hydrogens (tertiary/aromatic N) is 2. The van der Waals surface area contributed by atoms with Gasteiger partial charge in [0.15, 0.2) is 0 Å². The fraction of sp³-hybridized carbons (Fsp3) is 0.400. The minimum atomic E-state index is -0.0267. The van der Waals surface area contributed by atoms with Crippen LogP contribution < -0.4 is 10.3 Å². The Morgan fingerprint density at radius 3 is 2.76 bits per heavy atom. The van der Waals surface area contributed by atoms with Crippen molar-refractivity contribution in [2.75, 3.05) is 6.61 Å². The summed E-state index contributed by atoms with van der Waals surface area (Å²) in [6.07, 6.45) is 3.91. The monoisotopic (exact) mass is 402 g/mol. The summed E-state index contributed by atoms with van der Waals surface area (Å²) in [5, 5.41) is 2.62. The van der Waals surface area contributed by atoms with Gasteiger partial charge in [0.25, 0.3) is 5.56 Å². The molecule has 0 N–H and O–H groups in total. The van der Waals surface area contributed by atoms with Crippen LogP contribution >= 0.6 is 15.9 Å². The fourth-order valence-electron chi connectivity index (χ4n) is 3.16. The molecule has 0 fully saturated rings. The van der Waals surface area contributed by atoms with E-state index in [9.17, 15) is 4.79 Å². The van der Waals surface area contributed by atoms with E-state index in [1.165, 1.54) is 0 Å². The number of pyridine rings is 2. The maximum absolute atomic E-state index is 12.8. The average Bonchev–Trinajstić information content (AvgIpc) is 2.57. The zero-order chi connectivity index (χ0) is 18.1. The normalized spacial score (nSPS) is 11.6. The molecule has 0 atom stereocenters. The Labute approximate surface area is 156 Å². The molecule has 4 nitrogen and oxygen atoms in total. The molecule has 0 spiro atoms. The molecule has 5 heteroatoms. The number of aryl methyl sites for hydroxylation is 2. The molecule has 0 unspecified atom stereocenters. The number of hydrogen-bond acceptors (Lipinski definition) is 3. The molecule has 25 heavy (non-hydrogen) atoms. The summed E-state index contributed by atoms with van der Waals surface area (Å²) in [6, 6.07) is 5.89. The van der Waals surface area contributed by atoms with Crippen LogP contribution in [-0.4, -0.2) is 16.2 Å². The zero-order valence-electron chi connectivity index (χ0n) is 15.1. The van der Waals surface area contributed by atoms with Crippen molar-refractivity contribution >= 4 is 37.6 Å². The van der Waals surface area contributed by atoms with E-state index in [4.69, 9.17) is 4.74 Å². The Balaban J connectivity index is 2.10. The summed E-state index contributed by atoms with van der Waals surface area (Å²) in [7, 11) is 1.80. The largest absolute Gasteiger partial charge is 0.492 e. The van der Waals surface area contributed by atoms with Crippen molar-refractivity contribution in [2.24, 2.45) is 13.0 Å². The van der Waals surface area contributed by atoms with Crippen LogP contribution in [0.15, 0.2) is 33.7 Å². The Morgan fingerprint density at radius 2 is 2.04 bits per heavy atom. The van der Waals surface area contributed by atoms with Crippen molar-refractivity contribution in [1.82, 2.24) is 9.55 Å². The highest BCUT2D eigenvalue weighted by Gasteiger charge is 2.14. The van der Waals surface area contributed by atoms with Gasteiger partial charge in [-0.3, -0.25) is 9.78 Å². The van der Waals surface area contributed by atoms with E-state index >= 15 is 0 Å². The van der Waals surface area contributed by atoms with Gasteiger partial charge in [-0.25, -0.2) is 0 Å². The van der Waals surface area contributed by atoms with Crippen LogP contribution in [0.1, 0.15) is 32.4 Å². The first-order valence-electron chi connectivity index (χ1n) is 8.60. The van der Waals surface area contributed by atoms with Gasteiger partial charge in [-0.2, -0.15) is 0 Å². The molecule has 2 heterocycles. The Morgan fingerprint density at radius 1 is 1.28 bits per heavy atom. The second-order valence-electron chi connectivity index (χ2n) is 6.87. The van der Waals surface area contributed by atoms with E-state index in [1.54, 1.807) is 17.8 Å². The predicted octanol–water partition coefficient (Wildman–Crippen LogP) is 4.97. The number of ether oxygens (including phenoxy) is 1. The number of aromatic nitrogens is 2. The topological polar surface area (TPSA) is 44.1 Å². The van der Waals surface area contributed by atoms with Gasteiger partial charge in [0.2, 0.25) is 0 Å². The number of benzene rings is 1. The number of hydrogen-bond donors (Lipinski definition) is 0. The predicted molar refractivity (Wildman–Crippen MR) is 106 cm³/mol. The molecule has 0 amide bonds. The minimum Gasteiger partial charge on any atom is -0.492 e. The molecular weight excluding hydrogens is 380 g/mol. The molecule has 0 aliphatic rings. The summed E-state index contributed by atoms with van der Waals surface area (Å²) >= 11 is 3.62. The van der Waals surface area contributed by atoms with Gasteiger partial charge in [0, 0.05) is 24.7 Å². The molecule has 3 aromatic rings. The first-order chi connectivity index (χ1) is 11.9. The van der Waals surface area contributed by atoms with Gasteiger partial charge in [-0.15, -0.1) is 0 Å². The highest BCUT2D eigenvalue weighted by molar-refractivity contribution is 9.10. The molecule has 0 aliphatic heterocycles. The first-order valence-corrected chi connectivity index (χ1v) is 9.39. The molecule has 3 rings (SSSR count). The van der Waals surface area contributed by atoms with Crippen LogP contribution in [0.4, 0.5) is 0 Å². The van der Waals surface area contributed by atoms with E-state index < -0.39 is 0 Å². The third-order valence-corrected chi connectivity index (χ3v) is 5.16. The molecular formula is C20H23BrN2O2. The van der Waals surface area contributed by atoms with Crippen molar-refractivity contribution in [3.8, 4) is 5.75 Å². The lowest BCUT2D eigenvalue weighted by Crippen LogP contribution is -2.18. The molecule has 1 aromatic carbocycles. The lowest BCUT2D eigenvalue weighted by Gasteiger charge is -2.14. The second-order valence-corrected chi connectivity index (χ2v) is 7.72. The minimum absolute atomic E-state index is 0.0267. The molecule has 0 saturated heterocycles. The van der Waals surface area contributed by atoms with Gasteiger partial charge in [0.1, 0.15) is 5.75 Å². The van der Waals surface area contributed by atoms with E-state index in [0.717, 1.165) is 45.0 Å². The molecule has 0 saturated carbocycles. The van der Waals surface area contributed by atoms with Crippen molar-refractivity contribution in [3.05, 3.63) is 44.9 Å². The van der Waals surface area contributed by atoms with Gasteiger partial charge < -0.3 is 9.30 Å². The Kier molecular flexibility index (Phi) is 5.13. The van der Waals surface area contributed by atoms with Crippen LogP contribution in [0.2, 0.25) is 0 Å². The van der Waals surface area contributed by atoms with Crippen LogP contribution in [-0.2, 0) is 7.05 Å². The number of halogens is 1. The average molecular weight is 403 g/mol. The van der Waals surface area contributed by atoms with Crippen LogP contribution in [0.25, 0.3) is 21.7 Å². The molecule has 0 aliphatic carbocycles. The quantitative estimate of drug-likeness (QED) is 0.446. The highest BCUT2D eigenvalue weighted by atomic mass is 79.9. The van der Waals surface area contributed by atoms with E-state index in [1.807, 2.05) is 25.1 Å². The van der Waals surface area contributed by atoms with Crippen LogP contribution in [0, 0.1) is 12.8 Å². The van der Waals surface area contributed by atoms with Gasteiger partial charge in [-0.1, -0.05) is 13.8 Å². The highest BCUT2D eigenvalue weighted by Crippen LogP contribution is 2.33. The Bertz CT molecular complexity index is 993. The van der Waals surface area contributed by atoms with Crippen molar-refractivity contribution in [3.63, 3.8) is 0 Å². The summed E-state index contributed by atoms with van der Waals surface area (Å²) in [6.45, 7) is 6.97. The fourth-order valence-corrected chi connectivity index (χ4v) is 3.62. The molecule has 0 bridgehead atoms. The lowest BCUT2D eigenvalue weighted by atomic mass is 10.1. The van der Waals surface area contributed by atoms with E-state index in [2.05, 4.69) is 34.8 Å². The van der Waals surface area contributed by atoms with E-state index in [-0.39, 0.29) is 5.56 Å². The van der Waals surface area contributed by atoms with Crippen LogP contribution in [0.3, 0.4) is 0 Å². The van der Waals surface area contributed by atoms with Crippen LogP contribution in [0.5, 0.6) is 5.75 Å². The lowest BCUT2D eigenvalue weighted by molar-refractivity contribution is 0.296. The molecule has 132 valence electrons. The Hall–Kier alpha value is -1.88. The van der Waals surface area contributed by atoms with Gasteiger partial charge >= 0.3 is 0 Å². The summed E-state index contributed by atoms with van der Waals surface area (Å²) in [5.41, 5.74) is 1.59. The smallest absolute Gasteiger partial charge is 0.260 e. The summed E-state index contributed by atoms with van der Waals surface area (Å²) in [4.78, 5) is 17.0. The number of rotatable bonds is 5. The maximum atomic E-state index is 12.8. The van der Waals surface area contributed by atoms with Crippen molar-refractivity contribution in [1.29, 1.82) is 0 Å². The first kappa shape index (κ1) is 17.9. The van der Waals surface area contributed by atoms with E-state index in [0.29, 0.717) is 17.9 Å². The van der Waals surface area contributed by atoms with Gasteiger partial charge in [-0.05, 0) is 59.1 Å². The zero-order valence-corrected chi connectivity index (χ0v) is 16.7.